The number of carbonyl (C=O) groups is 2. The van der Waals surface area contributed by atoms with Gasteiger partial charge in [-0.1, -0.05) is 18.2 Å². The molecular formula is C16H13NO2. The fraction of sp³-hybridized carbons (Fsp3) is 0.125. The third-order valence-corrected chi connectivity index (χ3v) is 3.32. The number of nitrogens with one attached hydrogen (secondary N) is 1. The van der Waals surface area contributed by atoms with Crippen LogP contribution in [0.3, 0.4) is 0 Å². The molecule has 94 valence electrons. The Morgan fingerprint density at radius 2 is 1.79 bits per heavy atom. The van der Waals surface area contributed by atoms with E-state index in [0.717, 1.165) is 23.2 Å². The smallest absolute Gasteiger partial charge is 0.255 e. The predicted octanol–water partition coefficient (Wildman–Crippen LogP) is 3.07. The van der Waals surface area contributed by atoms with Crippen molar-refractivity contribution < 1.29 is 9.59 Å². The van der Waals surface area contributed by atoms with Crippen molar-refractivity contribution in [2.45, 2.75) is 12.8 Å². The molecule has 19 heavy (non-hydrogen) atoms. The lowest BCUT2D eigenvalue weighted by Crippen LogP contribution is -2.11. The summed E-state index contributed by atoms with van der Waals surface area (Å²) in [5, 5.41) is 2.85. The van der Waals surface area contributed by atoms with Crippen molar-refractivity contribution in [2.75, 3.05) is 5.32 Å². The number of rotatable bonds is 2. The van der Waals surface area contributed by atoms with E-state index in [1.165, 1.54) is 0 Å². The van der Waals surface area contributed by atoms with Crippen LogP contribution in [0.25, 0.3) is 0 Å². The molecule has 0 fully saturated rings. The molecule has 3 heteroatoms. The molecule has 0 saturated carbocycles. The molecular weight excluding hydrogens is 238 g/mol. The van der Waals surface area contributed by atoms with E-state index >= 15 is 0 Å². The van der Waals surface area contributed by atoms with Crippen molar-refractivity contribution >= 4 is 17.4 Å². The summed E-state index contributed by atoms with van der Waals surface area (Å²) in [6.07, 6.45) is 1.34. The Kier molecular flexibility index (Phi) is 2.88. The topological polar surface area (TPSA) is 46.2 Å². The quantitative estimate of drug-likeness (QED) is 0.891. The fourth-order valence-corrected chi connectivity index (χ4v) is 2.33. The van der Waals surface area contributed by atoms with Crippen LogP contribution in [0.2, 0.25) is 0 Å². The lowest BCUT2D eigenvalue weighted by molar-refractivity contribution is 0.0992. The van der Waals surface area contributed by atoms with E-state index in [4.69, 9.17) is 0 Å². The first-order chi connectivity index (χ1) is 9.24. The minimum atomic E-state index is -0.134. The van der Waals surface area contributed by atoms with E-state index in [0.29, 0.717) is 12.0 Å². The molecule has 1 aliphatic carbocycles. The van der Waals surface area contributed by atoms with Crippen molar-refractivity contribution in [3.63, 3.8) is 0 Å². The van der Waals surface area contributed by atoms with Crippen molar-refractivity contribution in [3.05, 3.63) is 65.2 Å². The minimum absolute atomic E-state index is 0.134. The van der Waals surface area contributed by atoms with Crippen LogP contribution in [0.4, 0.5) is 5.69 Å². The van der Waals surface area contributed by atoms with Gasteiger partial charge < -0.3 is 5.32 Å². The summed E-state index contributed by atoms with van der Waals surface area (Å²) in [6, 6.07) is 14.5. The minimum Gasteiger partial charge on any atom is -0.322 e. The number of anilines is 1. The van der Waals surface area contributed by atoms with Crippen molar-refractivity contribution in [1.82, 2.24) is 0 Å². The first-order valence-electron chi connectivity index (χ1n) is 6.26. The SMILES string of the molecule is O=C(Nc1ccc2c(c1)CCC2=O)c1ccccc1. The maximum absolute atomic E-state index is 12.0. The van der Waals surface area contributed by atoms with Gasteiger partial charge in [-0.2, -0.15) is 0 Å². The molecule has 3 rings (SSSR count). The maximum atomic E-state index is 12.0. The molecule has 2 aromatic carbocycles. The highest BCUT2D eigenvalue weighted by molar-refractivity contribution is 6.05. The Bertz CT molecular complexity index is 647. The first kappa shape index (κ1) is 11.7. The van der Waals surface area contributed by atoms with E-state index in [2.05, 4.69) is 5.32 Å². The number of hydrogen-bond acceptors (Lipinski definition) is 2. The average Bonchev–Trinajstić information content (AvgIpc) is 2.81. The zero-order chi connectivity index (χ0) is 13.2. The number of benzene rings is 2. The second-order valence-electron chi connectivity index (χ2n) is 4.62. The average molecular weight is 251 g/mol. The normalized spacial score (nSPS) is 13.2. The zero-order valence-electron chi connectivity index (χ0n) is 10.3. The molecule has 0 bridgehead atoms. The Balaban J connectivity index is 1.81. The molecule has 0 unspecified atom stereocenters. The van der Waals surface area contributed by atoms with E-state index in [1.54, 1.807) is 24.3 Å². The first-order valence-corrected chi connectivity index (χ1v) is 6.26. The monoisotopic (exact) mass is 251 g/mol. The molecule has 0 aliphatic heterocycles. The van der Waals surface area contributed by atoms with Crippen molar-refractivity contribution in [1.29, 1.82) is 0 Å². The molecule has 0 aromatic heterocycles. The Morgan fingerprint density at radius 3 is 2.58 bits per heavy atom. The van der Waals surface area contributed by atoms with E-state index < -0.39 is 0 Å². The van der Waals surface area contributed by atoms with E-state index in [-0.39, 0.29) is 11.7 Å². The number of carbonyl (C=O) groups excluding carboxylic acids is 2. The van der Waals surface area contributed by atoms with Crippen LogP contribution >= 0.6 is 0 Å². The van der Waals surface area contributed by atoms with Crippen LogP contribution in [-0.4, -0.2) is 11.7 Å². The van der Waals surface area contributed by atoms with Crippen LogP contribution in [0, 0.1) is 0 Å². The second-order valence-corrected chi connectivity index (χ2v) is 4.62. The van der Waals surface area contributed by atoms with Gasteiger partial charge in [-0.15, -0.1) is 0 Å². The molecule has 0 heterocycles. The van der Waals surface area contributed by atoms with Gasteiger partial charge in [0.2, 0.25) is 0 Å². The van der Waals surface area contributed by atoms with Crippen LogP contribution < -0.4 is 5.32 Å². The van der Waals surface area contributed by atoms with Gasteiger partial charge in [-0.3, -0.25) is 9.59 Å². The summed E-state index contributed by atoms with van der Waals surface area (Å²) in [7, 11) is 0. The van der Waals surface area contributed by atoms with Crippen LogP contribution in [-0.2, 0) is 6.42 Å². The molecule has 1 aliphatic rings. The van der Waals surface area contributed by atoms with Gasteiger partial charge in [-0.25, -0.2) is 0 Å². The summed E-state index contributed by atoms with van der Waals surface area (Å²) in [5.41, 5.74) is 3.18. The van der Waals surface area contributed by atoms with Gasteiger partial charge in [0.15, 0.2) is 5.78 Å². The third-order valence-electron chi connectivity index (χ3n) is 3.32. The molecule has 0 radical (unpaired) electrons. The molecule has 0 saturated heterocycles. The highest BCUT2D eigenvalue weighted by Crippen LogP contribution is 2.25. The second kappa shape index (κ2) is 4.69. The van der Waals surface area contributed by atoms with Gasteiger partial charge >= 0.3 is 0 Å². The predicted molar refractivity (Wildman–Crippen MR) is 73.5 cm³/mol. The summed E-state index contributed by atoms with van der Waals surface area (Å²) < 4.78 is 0. The number of fused-ring (bicyclic) bond motifs is 1. The number of amides is 1. The number of Topliss-reactive ketones (excluding diaryl/α,β-unsaturated/α-hetero) is 1. The van der Waals surface area contributed by atoms with Gasteiger partial charge in [-0.05, 0) is 42.3 Å². The van der Waals surface area contributed by atoms with Gasteiger partial charge in [0, 0.05) is 23.2 Å². The summed E-state index contributed by atoms with van der Waals surface area (Å²) in [4.78, 5) is 23.5. The molecule has 3 nitrogen and oxygen atoms in total. The fourth-order valence-electron chi connectivity index (χ4n) is 2.33. The van der Waals surface area contributed by atoms with E-state index in [9.17, 15) is 9.59 Å². The highest BCUT2D eigenvalue weighted by atomic mass is 16.1. The molecule has 2 aromatic rings. The number of ketones is 1. The molecule has 1 N–H and O–H groups in total. The van der Waals surface area contributed by atoms with Crippen LogP contribution in [0.5, 0.6) is 0 Å². The molecule has 1 amide bonds. The summed E-state index contributed by atoms with van der Waals surface area (Å²) in [5.74, 6) is 0.0563. The zero-order valence-corrected chi connectivity index (χ0v) is 10.3. The Morgan fingerprint density at radius 1 is 1.00 bits per heavy atom. The van der Waals surface area contributed by atoms with Crippen LogP contribution in [0.15, 0.2) is 48.5 Å². The Hall–Kier alpha value is -2.42. The standard InChI is InChI=1S/C16H13NO2/c18-15-9-6-12-10-13(7-8-14(12)15)17-16(19)11-4-2-1-3-5-11/h1-5,7-8,10H,6,9H2,(H,17,19). The Labute approximate surface area is 111 Å². The van der Waals surface area contributed by atoms with Gasteiger partial charge in [0.25, 0.3) is 5.91 Å². The summed E-state index contributed by atoms with van der Waals surface area (Å²) in [6.45, 7) is 0. The lowest BCUT2D eigenvalue weighted by atomic mass is 10.1. The molecule has 0 spiro atoms. The lowest BCUT2D eigenvalue weighted by Gasteiger charge is -2.07. The van der Waals surface area contributed by atoms with E-state index in [1.807, 2.05) is 24.3 Å². The summed E-state index contributed by atoms with van der Waals surface area (Å²) >= 11 is 0. The largest absolute Gasteiger partial charge is 0.322 e. The van der Waals surface area contributed by atoms with Crippen LogP contribution in [0.1, 0.15) is 32.7 Å². The molecule has 0 atom stereocenters. The van der Waals surface area contributed by atoms with Gasteiger partial charge in [0.1, 0.15) is 0 Å². The highest BCUT2D eigenvalue weighted by Gasteiger charge is 2.19. The third kappa shape index (κ3) is 2.27. The van der Waals surface area contributed by atoms with Crippen molar-refractivity contribution in [2.24, 2.45) is 0 Å². The van der Waals surface area contributed by atoms with Gasteiger partial charge in [0.05, 0.1) is 0 Å². The number of hydrogen-bond donors (Lipinski definition) is 1. The number of aryl methyl sites for hydroxylation is 1. The maximum Gasteiger partial charge on any atom is 0.255 e. The van der Waals surface area contributed by atoms with Crippen molar-refractivity contribution in [3.8, 4) is 0 Å².